The maximum absolute atomic E-state index is 13.4. The molecule has 0 saturated carbocycles. The Morgan fingerprint density at radius 1 is 1.56 bits per heavy atom. The lowest BCUT2D eigenvalue weighted by molar-refractivity contribution is -0.179. The SMILES string of the molecule is O=C(O)C1(Cc2cc(Cl)ccc2F)COC1. The van der Waals surface area contributed by atoms with Gasteiger partial charge in [0, 0.05) is 5.02 Å². The van der Waals surface area contributed by atoms with Crippen LogP contribution in [0.5, 0.6) is 0 Å². The van der Waals surface area contributed by atoms with Gasteiger partial charge in [-0.2, -0.15) is 0 Å². The summed E-state index contributed by atoms with van der Waals surface area (Å²) in [6, 6.07) is 4.14. The Kier molecular flexibility index (Phi) is 2.86. The van der Waals surface area contributed by atoms with E-state index < -0.39 is 17.2 Å². The van der Waals surface area contributed by atoms with Gasteiger partial charge >= 0.3 is 5.97 Å². The predicted octanol–water partition coefficient (Wildman–Crippen LogP) is 2.12. The quantitative estimate of drug-likeness (QED) is 0.886. The van der Waals surface area contributed by atoms with Crippen molar-refractivity contribution in [3.8, 4) is 0 Å². The van der Waals surface area contributed by atoms with E-state index in [1.165, 1.54) is 18.2 Å². The molecule has 0 amide bonds. The van der Waals surface area contributed by atoms with Crippen LogP contribution >= 0.6 is 11.6 Å². The summed E-state index contributed by atoms with van der Waals surface area (Å²) in [5.41, 5.74) is -0.677. The van der Waals surface area contributed by atoms with Gasteiger partial charge in [0.05, 0.1) is 13.2 Å². The highest BCUT2D eigenvalue weighted by atomic mass is 35.5. The van der Waals surface area contributed by atoms with E-state index in [2.05, 4.69) is 0 Å². The lowest BCUT2D eigenvalue weighted by atomic mass is 9.80. The van der Waals surface area contributed by atoms with Gasteiger partial charge in [-0.1, -0.05) is 11.6 Å². The van der Waals surface area contributed by atoms with E-state index in [0.717, 1.165) is 0 Å². The summed E-state index contributed by atoms with van der Waals surface area (Å²) in [6.45, 7) is 0.239. The maximum atomic E-state index is 13.4. The summed E-state index contributed by atoms with van der Waals surface area (Å²) in [5, 5.41) is 9.47. The van der Waals surface area contributed by atoms with Crippen LogP contribution in [0.1, 0.15) is 5.56 Å². The van der Waals surface area contributed by atoms with E-state index in [1.54, 1.807) is 0 Å². The molecule has 16 heavy (non-hydrogen) atoms. The van der Waals surface area contributed by atoms with Gasteiger partial charge in [-0.25, -0.2) is 4.39 Å². The molecule has 0 aromatic heterocycles. The van der Waals surface area contributed by atoms with Crippen molar-refractivity contribution in [3.05, 3.63) is 34.6 Å². The topological polar surface area (TPSA) is 46.5 Å². The molecule has 0 bridgehead atoms. The second kappa shape index (κ2) is 4.03. The van der Waals surface area contributed by atoms with Crippen molar-refractivity contribution in [1.29, 1.82) is 0 Å². The largest absolute Gasteiger partial charge is 0.481 e. The number of hydrogen-bond donors (Lipinski definition) is 1. The highest BCUT2D eigenvalue weighted by molar-refractivity contribution is 6.30. The molecule has 1 saturated heterocycles. The summed E-state index contributed by atoms with van der Waals surface area (Å²) in [4.78, 5) is 11.1. The average Bonchev–Trinajstić information content (AvgIpc) is 2.16. The smallest absolute Gasteiger partial charge is 0.314 e. The number of halogens is 2. The van der Waals surface area contributed by atoms with Crippen LogP contribution in [0.15, 0.2) is 18.2 Å². The summed E-state index contributed by atoms with van der Waals surface area (Å²) in [7, 11) is 0. The highest BCUT2D eigenvalue weighted by Crippen LogP contribution is 2.33. The number of rotatable bonds is 3. The number of aliphatic carboxylic acids is 1. The van der Waals surface area contributed by atoms with Gasteiger partial charge in [0.15, 0.2) is 0 Å². The van der Waals surface area contributed by atoms with Gasteiger partial charge in [0.1, 0.15) is 11.2 Å². The fourth-order valence-corrected chi connectivity index (χ4v) is 1.89. The molecule has 5 heteroatoms. The molecule has 1 aliphatic rings. The molecule has 0 unspecified atom stereocenters. The summed E-state index contributed by atoms with van der Waals surface area (Å²) < 4.78 is 18.3. The van der Waals surface area contributed by atoms with E-state index in [9.17, 15) is 9.18 Å². The molecule has 0 radical (unpaired) electrons. The molecular weight excluding hydrogens is 235 g/mol. The van der Waals surface area contributed by atoms with Crippen molar-refractivity contribution in [2.45, 2.75) is 6.42 Å². The van der Waals surface area contributed by atoms with Gasteiger partial charge in [-0.15, -0.1) is 0 Å². The second-order valence-electron chi connectivity index (χ2n) is 3.99. The number of carboxylic acids is 1. The van der Waals surface area contributed by atoms with Crippen molar-refractivity contribution < 1.29 is 19.0 Å². The molecular formula is C11H10ClFO3. The third-order valence-electron chi connectivity index (χ3n) is 2.75. The van der Waals surface area contributed by atoms with Crippen molar-refractivity contribution in [1.82, 2.24) is 0 Å². The summed E-state index contributed by atoms with van der Waals surface area (Å²) in [6.07, 6.45) is 0.106. The Labute approximate surface area is 96.8 Å². The molecule has 1 heterocycles. The first-order chi connectivity index (χ1) is 7.53. The van der Waals surface area contributed by atoms with Crippen molar-refractivity contribution >= 4 is 17.6 Å². The lowest BCUT2D eigenvalue weighted by Crippen LogP contribution is -2.50. The fraction of sp³-hybridized carbons (Fsp3) is 0.364. The van der Waals surface area contributed by atoms with E-state index in [-0.39, 0.29) is 19.6 Å². The molecule has 2 rings (SSSR count). The van der Waals surface area contributed by atoms with Crippen LogP contribution in [-0.2, 0) is 16.0 Å². The first-order valence-electron chi connectivity index (χ1n) is 4.79. The van der Waals surface area contributed by atoms with E-state index >= 15 is 0 Å². The van der Waals surface area contributed by atoms with Crippen LogP contribution in [0.3, 0.4) is 0 Å². The van der Waals surface area contributed by atoms with Gasteiger partial charge in [0.25, 0.3) is 0 Å². The normalized spacial score (nSPS) is 17.9. The highest BCUT2D eigenvalue weighted by Gasteiger charge is 2.46. The number of benzene rings is 1. The lowest BCUT2D eigenvalue weighted by Gasteiger charge is -2.37. The predicted molar refractivity (Wildman–Crippen MR) is 56.0 cm³/mol. The molecule has 3 nitrogen and oxygen atoms in total. The first-order valence-corrected chi connectivity index (χ1v) is 5.16. The molecule has 0 aliphatic carbocycles. The fourth-order valence-electron chi connectivity index (χ4n) is 1.69. The Morgan fingerprint density at radius 2 is 2.25 bits per heavy atom. The van der Waals surface area contributed by atoms with Crippen LogP contribution < -0.4 is 0 Å². The summed E-state index contributed by atoms with van der Waals surface area (Å²) >= 11 is 5.74. The van der Waals surface area contributed by atoms with Crippen LogP contribution in [0.2, 0.25) is 5.02 Å². The zero-order valence-electron chi connectivity index (χ0n) is 8.37. The van der Waals surface area contributed by atoms with Gasteiger partial charge in [-0.05, 0) is 30.2 Å². The Morgan fingerprint density at radius 3 is 2.75 bits per heavy atom. The van der Waals surface area contributed by atoms with Crippen LogP contribution in [-0.4, -0.2) is 24.3 Å². The number of ether oxygens (including phenoxy) is 1. The van der Waals surface area contributed by atoms with Crippen molar-refractivity contribution in [2.24, 2.45) is 5.41 Å². The molecule has 1 aromatic rings. The van der Waals surface area contributed by atoms with Crippen molar-refractivity contribution in [2.75, 3.05) is 13.2 Å². The molecule has 86 valence electrons. The molecule has 1 N–H and O–H groups in total. The third-order valence-corrected chi connectivity index (χ3v) is 2.98. The maximum Gasteiger partial charge on any atom is 0.314 e. The Balaban J connectivity index is 2.26. The van der Waals surface area contributed by atoms with Crippen LogP contribution in [0.4, 0.5) is 4.39 Å². The molecule has 1 aromatic carbocycles. The molecule has 0 atom stereocenters. The van der Waals surface area contributed by atoms with E-state index in [1.807, 2.05) is 0 Å². The zero-order valence-corrected chi connectivity index (χ0v) is 9.13. The number of hydrogen-bond acceptors (Lipinski definition) is 2. The van der Waals surface area contributed by atoms with Gasteiger partial charge in [-0.3, -0.25) is 4.79 Å². The third kappa shape index (κ3) is 1.90. The Bertz CT molecular complexity index is 429. The van der Waals surface area contributed by atoms with E-state index in [0.29, 0.717) is 10.6 Å². The first kappa shape index (κ1) is 11.4. The molecule has 1 aliphatic heterocycles. The van der Waals surface area contributed by atoms with Gasteiger partial charge < -0.3 is 9.84 Å². The molecule has 0 spiro atoms. The van der Waals surface area contributed by atoms with Crippen LogP contribution in [0, 0.1) is 11.2 Å². The summed E-state index contributed by atoms with van der Waals surface area (Å²) in [5.74, 6) is -1.39. The zero-order chi connectivity index (χ0) is 11.8. The Hall–Kier alpha value is -1.13. The minimum atomic E-state index is -0.995. The van der Waals surface area contributed by atoms with Gasteiger partial charge in [0.2, 0.25) is 0 Å². The van der Waals surface area contributed by atoms with Crippen molar-refractivity contribution in [3.63, 3.8) is 0 Å². The number of carboxylic acid groups (broad SMARTS) is 1. The monoisotopic (exact) mass is 244 g/mol. The standard InChI is InChI=1S/C11H10ClFO3/c12-8-1-2-9(13)7(3-8)4-11(10(14)15)5-16-6-11/h1-3H,4-6H2,(H,14,15). The average molecular weight is 245 g/mol. The minimum absolute atomic E-state index is 0.106. The number of carbonyl (C=O) groups is 1. The minimum Gasteiger partial charge on any atom is -0.481 e. The van der Waals surface area contributed by atoms with Crippen LogP contribution in [0.25, 0.3) is 0 Å². The molecule has 1 fully saturated rings. The van der Waals surface area contributed by atoms with E-state index in [4.69, 9.17) is 21.4 Å². The second-order valence-corrected chi connectivity index (χ2v) is 4.43.